The second-order valence-electron chi connectivity index (χ2n) is 5.69. The molecule has 110 valence electrons. The summed E-state index contributed by atoms with van der Waals surface area (Å²) in [5, 5.41) is 0. The van der Waals surface area contributed by atoms with Gasteiger partial charge < -0.3 is 10.5 Å². The molecule has 21 heavy (non-hydrogen) atoms. The van der Waals surface area contributed by atoms with Crippen LogP contribution in [0.15, 0.2) is 59.5 Å². The topological polar surface area (TPSA) is 35.2 Å². The van der Waals surface area contributed by atoms with Crippen LogP contribution in [-0.2, 0) is 6.42 Å². The number of ether oxygens (including phenoxy) is 1. The Morgan fingerprint density at radius 1 is 1.05 bits per heavy atom. The molecule has 2 aromatic carbocycles. The Bertz CT molecular complexity index is 587. The first kappa shape index (κ1) is 14.5. The second kappa shape index (κ2) is 6.54. The first-order chi connectivity index (χ1) is 10.3. The van der Waals surface area contributed by atoms with E-state index in [9.17, 15) is 0 Å². The minimum Gasteiger partial charge on any atom is -0.493 e. The molecule has 0 amide bonds. The summed E-state index contributed by atoms with van der Waals surface area (Å²) in [6.45, 7) is 1.41. The minimum atomic E-state index is 0.0795. The lowest BCUT2D eigenvalue weighted by Gasteiger charge is -2.37. The lowest BCUT2D eigenvalue weighted by Crippen LogP contribution is -2.41. The van der Waals surface area contributed by atoms with Crippen molar-refractivity contribution in [3.63, 3.8) is 0 Å². The smallest absolute Gasteiger partial charge is 0.122 e. The molecule has 2 nitrogen and oxygen atoms in total. The third kappa shape index (κ3) is 3.42. The van der Waals surface area contributed by atoms with E-state index in [0.717, 1.165) is 31.0 Å². The zero-order valence-corrected chi connectivity index (χ0v) is 12.9. The lowest BCUT2D eigenvalue weighted by atomic mass is 9.78. The highest BCUT2D eigenvalue weighted by Crippen LogP contribution is 2.37. The first-order valence-corrected chi connectivity index (χ1v) is 8.39. The number of thioether (sulfide) groups is 1. The van der Waals surface area contributed by atoms with Crippen LogP contribution in [0.3, 0.4) is 0 Å². The van der Waals surface area contributed by atoms with Crippen molar-refractivity contribution in [3.8, 4) is 5.75 Å². The summed E-state index contributed by atoms with van der Waals surface area (Å²) in [6.07, 6.45) is 2.10. The molecular formula is C18H21NOS. The highest BCUT2D eigenvalue weighted by Gasteiger charge is 2.34. The molecule has 0 radical (unpaired) electrons. The summed E-state index contributed by atoms with van der Waals surface area (Å²) < 4.78 is 5.94. The summed E-state index contributed by atoms with van der Waals surface area (Å²) >= 11 is 1.90. The number of benzene rings is 2. The van der Waals surface area contributed by atoms with Gasteiger partial charge in [0.05, 0.1) is 6.61 Å². The molecule has 3 heteroatoms. The monoisotopic (exact) mass is 299 g/mol. The van der Waals surface area contributed by atoms with E-state index in [1.165, 1.54) is 10.5 Å². The lowest BCUT2D eigenvalue weighted by molar-refractivity contribution is 0.123. The Morgan fingerprint density at radius 3 is 2.62 bits per heavy atom. The predicted molar refractivity (Wildman–Crippen MR) is 88.9 cm³/mol. The van der Waals surface area contributed by atoms with E-state index >= 15 is 0 Å². The van der Waals surface area contributed by atoms with Gasteiger partial charge in [-0.05, 0) is 42.4 Å². The fourth-order valence-corrected chi connectivity index (χ4v) is 3.89. The van der Waals surface area contributed by atoms with Crippen molar-refractivity contribution in [2.24, 2.45) is 11.1 Å². The molecule has 0 aliphatic carbocycles. The summed E-state index contributed by atoms with van der Waals surface area (Å²) in [4.78, 5) is 1.32. The average Bonchev–Trinajstić information content (AvgIpc) is 2.56. The van der Waals surface area contributed by atoms with E-state index in [0.29, 0.717) is 6.54 Å². The average molecular weight is 299 g/mol. The van der Waals surface area contributed by atoms with Crippen LogP contribution in [0.5, 0.6) is 5.75 Å². The van der Waals surface area contributed by atoms with Crippen molar-refractivity contribution in [1.82, 2.24) is 0 Å². The Balaban J connectivity index is 1.63. The van der Waals surface area contributed by atoms with Crippen molar-refractivity contribution >= 4 is 11.8 Å². The number of rotatable bonds is 5. The summed E-state index contributed by atoms with van der Waals surface area (Å²) in [6, 6.07) is 18.9. The molecule has 2 N–H and O–H groups in total. The van der Waals surface area contributed by atoms with Crippen molar-refractivity contribution in [2.45, 2.75) is 17.7 Å². The maximum atomic E-state index is 6.09. The molecule has 1 unspecified atom stereocenters. The van der Waals surface area contributed by atoms with Gasteiger partial charge in [-0.3, -0.25) is 0 Å². The van der Waals surface area contributed by atoms with Crippen LogP contribution in [0.25, 0.3) is 0 Å². The Hall–Kier alpha value is -1.45. The van der Waals surface area contributed by atoms with E-state index in [4.69, 9.17) is 10.5 Å². The van der Waals surface area contributed by atoms with Crippen molar-refractivity contribution in [1.29, 1.82) is 0 Å². The summed E-state index contributed by atoms with van der Waals surface area (Å²) in [5.74, 6) is 2.10. The van der Waals surface area contributed by atoms with E-state index in [1.54, 1.807) is 0 Å². The molecule has 0 saturated heterocycles. The SMILES string of the molecule is NCC1(CCSc2ccccc2)COc2ccccc2C1. The van der Waals surface area contributed by atoms with Gasteiger partial charge in [-0.1, -0.05) is 36.4 Å². The molecule has 1 aliphatic rings. The third-order valence-electron chi connectivity index (χ3n) is 4.15. The zero-order chi connectivity index (χ0) is 14.5. The molecular weight excluding hydrogens is 278 g/mol. The molecule has 1 atom stereocenters. The maximum Gasteiger partial charge on any atom is 0.122 e. The quantitative estimate of drug-likeness (QED) is 0.854. The van der Waals surface area contributed by atoms with Gasteiger partial charge in [0.2, 0.25) is 0 Å². The molecule has 0 aromatic heterocycles. The van der Waals surface area contributed by atoms with E-state index in [-0.39, 0.29) is 5.41 Å². The van der Waals surface area contributed by atoms with E-state index in [1.807, 2.05) is 17.8 Å². The van der Waals surface area contributed by atoms with Gasteiger partial charge in [-0.2, -0.15) is 0 Å². The van der Waals surface area contributed by atoms with Crippen molar-refractivity contribution < 1.29 is 4.74 Å². The highest BCUT2D eigenvalue weighted by atomic mass is 32.2. The fraction of sp³-hybridized carbons (Fsp3) is 0.333. The highest BCUT2D eigenvalue weighted by molar-refractivity contribution is 7.99. The Kier molecular flexibility index (Phi) is 4.51. The molecule has 3 rings (SSSR count). The van der Waals surface area contributed by atoms with Crippen LogP contribution in [0.4, 0.5) is 0 Å². The number of hydrogen-bond acceptors (Lipinski definition) is 3. The summed E-state index contributed by atoms with van der Waals surface area (Å²) in [7, 11) is 0. The number of nitrogens with two attached hydrogens (primary N) is 1. The van der Waals surface area contributed by atoms with Crippen LogP contribution in [-0.4, -0.2) is 18.9 Å². The molecule has 1 heterocycles. The normalized spacial score (nSPS) is 20.6. The van der Waals surface area contributed by atoms with Gasteiger partial charge in [0.15, 0.2) is 0 Å². The van der Waals surface area contributed by atoms with E-state index < -0.39 is 0 Å². The van der Waals surface area contributed by atoms with Crippen LogP contribution in [0.1, 0.15) is 12.0 Å². The molecule has 1 aliphatic heterocycles. The van der Waals surface area contributed by atoms with Crippen molar-refractivity contribution in [2.75, 3.05) is 18.9 Å². The number of fused-ring (bicyclic) bond motifs is 1. The molecule has 0 bridgehead atoms. The molecule has 2 aromatic rings. The number of hydrogen-bond donors (Lipinski definition) is 1. The van der Waals surface area contributed by atoms with Crippen molar-refractivity contribution in [3.05, 3.63) is 60.2 Å². The van der Waals surface area contributed by atoms with Gasteiger partial charge in [-0.25, -0.2) is 0 Å². The zero-order valence-electron chi connectivity index (χ0n) is 12.1. The fourth-order valence-electron chi connectivity index (χ4n) is 2.77. The molecule has 0 fully saturated rings. The number of para-hydroxylation sites is 1. The van der Waals surface area contributed by atoms with Gasteiger partial charge in [-0.15, -0.1) is 11.8 Å². The van der Waals surface area contributed by atoms with Crippen LogP contribution in [0.2, 0.25) is 0 Å². The van der Waals surface area contributed by atoms with Crippen LogP contribution < -0.4 is 10.5 Å². The summed E-state index contributed by atoms with van der Waals surface area (Å²) in [5.41, 5.74) is 7.46. The first-order valence-electron chi connectivity index (χ1n) is 7.40. The van der Waals surface area contributed by atoms with Crippen LogP contribution >= 0.6 is 11.8 Å². The standard InChI is InChI=1S/C18H21NOS/c19-13-18(10-11-21-16-7-2-1-3-8-16)12-15-6-4-5-9-17(15)20-14-18/h1-9H,10-14,19H2. The van der Waals surface area contributed by atoms with Crippen LogP contribution in [0, 0.1) is 5.41 Å². The maximum absolute atomic E-state index is 6.09. The largest absolute Gasteiger partial charge is 0.493 e. The third-order valence-corrected chi connectivity index (χ3v) is 5.16. The van der Waals surface area contributed by atoms with Gasteiger partial charge in [0.1, 0.15) is 5.75 Å². The Morgan fingerprint density at radius 2 is 1.81 bits per heavy atom. The molecule has 0 spiro atoms. The minimum absolute atomic E-state index is 0.0795. The second-order valence-corrected chi connectivity index (χ2v) is 6.86. The van der Waals surface area contributed by atoms with Gasteiger partial charge in [0, 0.05) is 16.9 Å². The molecule has 0 saturated carbocycles. The van der Waals surface area contributed by atoms with E-state index in [2.05, 4.69) is 48.5 Å². The van der Waals surface area contributed by atoms with Gasteiger partial charge >= 0.3 is 0 Å². The predicted octanol–water partition coefficient (Wildman–Crippen LogP) is 3.75. The Labute approximate surface area is 130 Å². The van der Waals surface area contributed by atoms with Gasteiger partial charge in [0.25, 0.3) is 0 Å².